The molecule has 1 saturated heterocycles. The normalized spacial score (nSPS) is 18.0. The lowest BCUT2D eigenvalue weighted by Crippen LogP contribution is -2.58. The third-order valence-corrected chi connectivity index (χ3v) is 8.72. The number of carbonyl (C=O) groups is 3. The van der Waals surface area contributed by atoms with Gasteiger partial charge in [0.15, 0.2) is 6.61 Å². The maximum atomic E-state index is 13.8. The van der Waals surface area contributed by atoms with Crippen LogP contribution in [0.5, 0.6) is 17.2 Å². The molecule has 248 valence electrons. The maximum absolute atomic E-state index is 13.8. The van der Waals surface area contributed by atoms with Gasteiger partial charge in [-0.25, -0.2) is 0 Å². The highest BCUT2D eigenvalue weighted by atomic mass is 16.5. The van der Waals surface area contributed by atoms with E-state index in [0.717, 1.165) is 36.0 Å². The van der Waals surface area contributed by atoms with Crippen molar-refractivity contribution in [1.29, 1.82) is 0 Å². The Morgan fingerprint density at radius 2 is 1.85 bits per heavy atom. The predicted octanol–water partition coefficient (Wildman–Crippen LogP) is 4.96. The first-order valence-electron chi connectivity index (χ1n) is 16.4. The number of methoxy groups -OCH3 is 1. The number of hydrogen-bond acceptors (Lipinski definition) is 7. The standard InChI is InChI=1S/C38H40N4O6/c1-46-34-16-13-29-21-32(34)28-8-4-9-31(20-28)47-25-36(43)40-23-27-11-14-30(15-12-27)48-35-17-19-42(24-33(35)41-38(29)45)37(44)10-3-2-6-26-7-5-18-39-22-26/h4-5,7-9,11-16,18,20-22,33,35H,2-3,6,10,17,19,23-25H2,1H3,(H,40,43)(H,41,45)/t33-,35-/m1/s1. The molecule has 0 radical (unpaired) electrons. The van der Waals surface area contributed by atoms with E-state index in [1.165, 1.54) is 0 Å². The SMILES string of the molecule is COc1ccc2cc1-c1cccc(c1)OCC(=O)NCc1ccc(cc1)O[C@@H]1CCN(C(=O)CCCCc3cccnc3)C[C@H]1NC2=O. The van der Waals surface area contributed by atoms with Crippen molar-refractivity contribution in [1.82, 2.24) is 20.5 Å². The lowest BCUT2D eigenvalue weighted by atomic mass is 9.98. The Morgan fingerprint density at radius 3 is 2.67 bits per heavy atom. The molecule has 48 heavy (non-hydrogen) atoms. The zero-order valence-corrected chi connectivity index (χ0v) is 27.0. The molecule has 10 heteroatoms. The number of piperidine rings is 1. The molecule has 3 amide bonds. The van der Waals surface area contributed by atoms with Gasteiger partial charge in [0.25, 0.3) is 11.8 Å². The van der Waals surface area contributed by atoms with Crippen LogP contribution in [0.15, 0.2) is 91.3 Å². The minimum Gasteiger partial charge on any atom is -0.496 e. The fourth-order valence-electron chi connectivity index (χ4n) is 6.09. The van der Waals surface area contributed by atoms with Gasteiger partial charge in [0.2, 0.25) is 5.91 Å². The van der Waals surface area contributed by atoms with Crippen LogP contribution >= 0.6 is 0 Å². The zero-order valence-electron chi connectivity index (χ0n) is 27.0. The van der Waals surface area contributed by atoms with Crippen LogP contribution in [0.4, 0.5) is 0 Å². The molecule has 4 aromatic rings. The average Bonchev–Trinajstić information content (AvgIpc) is 3.12. The minimum absolute atomic E-state index is 0.0700. The molecule has 4 heterocycles. The highest BCUT2D eigenvalue weighted by Crippen LogP contribution is 2.33. The van der Waals surface area contributed by atoms with E-state index in [0.29, 0.717) is 60.9 Å². The smallest absolute Gasteiger partial charge is 0.258 e. The molecule has 2 atom stereocenters. The predicted molar refractivity (Wildman–Crippen MR) is 181 cm³/mol. The monoisotopic (exact) mass is 648 g/mol. The van der Waals surface area contributed by atoms with Crippen molar-refractivity contribution >= 4 is 17.7 Å². The van der Waals surface area contributed by atoms with E-state index in [9.17, 15) is 14.4 Å². The van der Waals surface area contributed by atoms with E-state index in [2.05, 4.69) is 15.6 Å². The van der Waals surface area contributed by atoms with Gasteiger partial charge < -0.3 is 29.7 Å². The van der Waals surface area contributed by atoms with Gasteiger partial charge in [-0.15, -0.1) is 0 Å². The molecule has 0 saturated carbocycles. The summed E-state index contributed by atoms with van der Waals surface area (Å²) in [4.78, 5) is 45.7. The number of nitrogens with one attached hydrogen (secondary N) is 2. The van der Waals surface area contributed by atoms with E-state index in [1.54, 1.807) is 37.6 Å². The second-order valence-electron chi connectivity index (χ2n) is 12.1. The third-order valence-electron chi connectivity index (χ3n) is 8.72. The maximum Gasteiger partial charge on any atom is 0.258 e. The number of rotatable bonds is 6. The van der Waals surface area contributed by atoms with Crippen LogP contribution in [0.3, 0.4) is 0 Å². The lowest BCUT2D eigenvalue weighted by Gasteiger charge is -2.39. The number of ether oxygens (including phenoxy) is 3. The number of likely N-dealkylation sites (tertiary alicyclic amines) is 1. The number of amides is 3. The van der Waals surface area contributed by atoms with Crippen LogP contribution in [0.2, 0.25) is 0 Å². The Morgan fingerprint density at radius 1 is 0.979 bits per heavy atom. The van der Waals surface area contributed by atoms with E-state index in [1.807, 2.05) is 65.7 Å². The van der Waals surface area contributed by atoms with Crippen LogP contribution < -0.4 is 24.8 Å². The summed E-state index contributed by atoms with van der Waals surface area (Å²) in [5.41, 5.74) is 3.98. The third kappa shape index (κ3) is 8.31. The van der Waals surface area contributed by atoms with E-state index >= 15 is 0 Å². The first-order chi connectivity index (χ1) is 23.4. The number of pyridine rings is 1. The molecule has 7 rings (SSSR count). The number of carbonyl (C=O) groups excluding carboxylic acids is 3. The Labute approximate surface area is 280 Å². The molecular weight excluding hydrogens is 608 g/mol. The van der Waals surface area contributed by atoms with Gasteiger partial charge in [0.05, 0.1) is 13.2 Å². The minimum atomic E-state index is -0.447. The quantitative estimate of drug-likeness (QED) is 0.284. The highest BCUT2D eigenvalue weighted by molar-refractivity contribution is 5.96. The van der Waals surface area contributed by atoms with Crippen LogP contribution in [0, 0.1) is 0 Å². The van der Waals surface area contributed by atoms with E-state index < -0.39 is 6.04 Å². The molecule has 0 unspecified atom stereocenters. The van der Waals surface area contributed by atoms with Crippen LogP contribution in [-0.4, -0.2) is 66.6 Å². The molecule has 10 nitrogen and oxygen atoms in total. The number of aryl methyl sites for hydroxylation is 1. The number of aromatic nitrogens is 1. The fourth-order valence-corrected chi connectivity index (χ4v) is 6.09. The summed E-state index contributed by atoms with van der Waals surface area (Å²) in [6.45, 7) is 1.07. The number of unbranched alkanes of at least 4 members (excludes halogenated alkanes) is 1. The Balaban J connectivity index is 1.23. The van der Waals surface area contributed by atoms with Gasteiger partial charge in [0.1, 0.15) is 23.4 Å². The van der Waals surface area contributed by atoms with Gasteiger partial charge in [-0.1, -0.05) is 30.3 Å². The van der Waals surface area contributed by atoms with Crippen LogP contribution in [0.1, 0.15) is 47.2 Å². The summed E-state index contributed by atoms with van der Waals surface area (Å²) < 4.78 is 17.9. The summed E-state index contributed by atoms with van der Waals surface area (Å²) in [5, 5.41) is 6.08. The van der Waals surface area contributed by atoms with Gasteiger partial charge in [-0.2, -0.15) is 0 Å². The second kappa shape index (κ2) is 15.5. The molecule has 1 fully saturated rings. The fraction of sp³-hybridized carbons (Fsp3) is 0.316. The number of fused-ring (bicyclic) bond motifs is 7. The Kier molecular flexibility index (Phi) is 10.5. The molecule has 2 N–H and O–H groups in total. The lowest BCUT2D eigenvalue weighted by molar-refractivity contribution is -0.133. The largest absolute Gasteiger partial charge is 0.496 e. The van der Waals surface area contributed by atoms with E-state index in [4.69, 9.17) is 14.2 Å². The van der Waals surface area contributed by atoms with Crippen molar-refractivity contribution < 1.29 is 28.6 Å². The first kappa shape index (κ1) is 32.6. The van der Waals surface area contributed by atoms with Crippen molar-refractivity contribution in [2.24, 2.45) is 0 Å². The number of hydrogen-bond donors (Lipinski definition) is 2. The molecule has 1 aromatic heterocycles. The van der Waals surface area contributed by atoms with Crippen molar-refractivity contribution in [3.05, 3.63) is 108 Å². The summed E-state index contributed by atoms with van der Waals surface area (Å²) >= 11 is 0. The van der Waals surface area contributed by atoms with E-state index in [-0.39, 0.29) is 30.4 Å². The zero-order chi connectivity index (χ0) is 33.3. The first-order valence-corrected chi connectivity index (χ1v) is 16.4. The summed E-state index contributed by atoms with van der Waals surface area (Å²) in [5.74, 6) is 1.29. The summed E-state index contributed by atoms with van der Waals surface area (Å²) in [6, 6.07) is 23.6. The molecular formula is C38H40N4O6. The average molecular weight is 649 g/mol. The molecule has 3 aliphatic rings. The Bertz CT molecular complexity index is 1730. The van der Waals surface area contributed by atoms with Gasteiger partial charge in [-0.05, 0) is 84.5 Å². The molecule has 0 spiro atoms. The van der Waals surface area contributed by atoms with Gasteiger partial charge in [-0.3, -0.25) is 19.4 Å². The topological polar surface area (TPSA) is 119 Å². The van der Waals surface area contributed by atoms with Gasteiger partial charge in [0, 0.05) is 56.0 Å². The Hall–Kier alpha value is -5.38. The molecule has 3 aromatic carbocycles. The number of benzene rings is 3. The van der Waals surface area contributed by atoms with Crippen molar-refractivity contribution in [3.8, 4) is 28.4 Å². The van der Waals surface area contributed by atoms with Crippen molar-refractivity contribution in [2.75, 3.05) is 26.8 Å². The highest BCUT2D eigenvalue weighted by Gasteiger charge is 2.34. The molecule has 0 aliphatic carbocycles. The van der Waals surface area contributed by atoms with Crippen molar-refractivity contribution in [3.63, 3.8) is 0 Å². The van der Waals surface area contributed by atoms with Crippen molar-refractivity contribution in [2.45, 2.75) is 50.8 Å². The summed E-state index contributed by atoms with van der Waals surface area (Å²) in [6.07, 6.45) is 6.81. The van der Waals surface area contributed by atoms with Crippen LogP contribution in [-0.2, 0) is 22.6 Å². The van der Waals surface area contributed by atoms with Crippen LogP contribution in [0.25, 0.3) is 11.1 Å². The second-order valence-corrected chi connectivity index (χ2v) is 12.1. The van der Waals surface area contributed by atoms with Gasteiger partial charge >= 0.3 is 0 Å². The summed E-state index contributed by atoms with van der Waals surface area (Å²) in [7, 11) is 1.58. The molecule has 6 bridgehead atoms. The molecule has 3 aliphatic heterocycles. The number of nitrogens with zero attached hydrogens (tertiary/aromatic N) is 2.